The van der Waals surface area contributed by atoms with E-state index >= 15 is 0 Å². The molecule has 2 radical (unpaired) electrons. The van der Waals surface area contributed by atoms with Crippen molar-refractivity contribution in [2.24, 2.45) is 0 Å². The molecule has 0 amide bonds. The van der Waals surface area contributed by atoms with Crippen molar-refractivity contribution in [1.29, 1.82) is 5.26 Å². The molecule has 0 aromatic heterocycles. The van der Waals surface area contributed by atoms with Gasteiger partial charge in [0.25, 0.3) is 0 Å². The van der Waals surface area contributed by atoms with Gasteiger partial charge >= 0.3 is 109 Å². The largest absolute Gasteiger partial charge is 1.00 e. The fourth-order valence-corrected chi connectivity index (χ4v) is 11.1. The van der Waals surface area contributed by atoms with E-state index in [2.05, 4.69) is 20.8 Å². The molecule has 4 heteroatoms. The minimum absolute atomic E-state index is 0. The number of rotatable bonds is 9. The van der Waals surface area contributed by atoms with Crippen molar-refractivity contribution >= 4 is 38.6 Å². The third-order valence-electron chi connectivity index (χ3n) is 2.65. The van der Waals surface area contributed by atoms with Crippen LogP contribution in [0.25, 0.3) is 0 Å². The molecule has 17 heavy (non-hydrogen) atoms. The van der Waals surface area contributed by atoms with Gasteiger partial charge in [-0.25, -0.2) is 0 Å². The molecule has 0 saturated carbocycles. The Morgan fingerprint density at radius 2 is 1.00 bits per heavy atom. The third kappa shape index (κ3) is 23.0. The second kappa shape index (κ2) is 26.1. The van der Waals surface area contributed by atoms with Crippen molar-refractivity contribution in [3.63, 3.8) is 0 Å². The Bertz CT molecular complexity index is 115. The van der Waals surface area contributed by atoms with E-state index in [0.29, 0.717) is 0 Å². The quantitative estimate of drug-likeness (QED) is 0.420. The normalized spacial score (nSPS) is 8.59. The Hall–Kier alpha value is 1.41. The molecule has 0 aliphatic carbocycles. The van der Waals surface area contributed by atoms with Gasteiger partial charge in [0.05, 0.1) is 0 Å². The van der Waals surface area contributed by atoms with Crippen LogP contribution in [0.5, 0.6) is 0 Å². The summed E-state index contributed by atoms with van der Waals surface area (Å²) < 4.78 is 5.04. The molecule has 0 aliphatic rings. The number of unbranched alkanes of at least 4 members (excludes halogenated alkanes) is 3. The first-order chi connectivity index (χ1) is 7.35. The first kappa shape index (κ1) is 26.9. The van der Waals surface area contributed by atoms with E-state index in [0.717, 1.165) is 0 Å². The van der Waals surface area contributed by atoms with Crippen LogP contribution in [-0.4, -0.2) is 38.6 Å². The maximum absolute atomic E-state index is 6.25. The van der Waals surface area contributed by atoms with E-state index in [1.165, 1.54) is 38.5 Å². The summed E-state index contributed by atoms with van der Waals surface area (Å²) in [5.41, 5.74) is 0. The molecular weight excluding hydrogens is 359 g/mol. The van der Waals surface area contributed by atoms with E-state index in [-0.39, 0.29) is 35.9 Å². The molecule has 0 spiro atoms. The van der Waals surface area contributed by atoms with Crippen LogP contribution in [0.4, 0.5) is 0 Å². The van der Waals surface area contributed by atoms with Gasteiger partial charge in [-0.1, -0.05) is 0 Å². The fraction of sp³-hybridized carbons (Fsp3) is 0.923. The Balaban J connectivity index is -0.000000199. The monoisotopic (exact) mass is 387 g/mol. The smallest absolute Gasteiger partial charge is 0.512 e. The van der Waals surface area contributed by atoms with Gasteiger partial charge in [-0.05, 0) is 0 Å². The number of hydrogen-bond acceptors (Lipinski definition) is 1. The molecule has 0 bridgehead atoms. The van der Waals surface area contributed by atoms with Gasteiger partial charge in [0.2, 0.25) is 0 Å². The molecule has 100 valence electrons. The third-order valence-corrected chi connectivity index (χ3v) is 11.7. The summed E-state index contributed by atoms with van der Waals surface area (Å²) in [6.45, 7) is 11.8. The van der Waals surface area contributed by atoms with Gasteiger partial charge in [0, 0.05) is 18.9 Å². The summed E-state index contributed by atoms with van der Waals surface area (Å²) in [5, 5.41) is 6.25. The molecule has 0 heterocycles. The van der Waals surface area contributed by atoms with Crippen LogP contribution in [0.1, 0.15) is 59.3 Å². The van der Waals surface area contributed by atoms with Crippen molar-refractivity contribution in [2.45, 2.75) is 72.6 Å². The van der Waals surface area contributed by atoms with Crippen molar-refractivity contribution in [1.82, 2.24) is 0 Å². The van der Waals surface area contributed by atoms with E-state index < -0.39 is 19.8 Å². The van der Waals surface area contributed by atoms with E-state index in [1.54, 1.807) is 13.3 Å². The average Bonchev–Trinajstić information content (AvgIpc) is 2.31. The summed E-state index contributed by atoms with van der Waals surface area (Å²) in [7, 11) is 0. The van der Waals surface area contributed by atoms with Crippen LogP contribution >= 0.6 is 0 Å². The van der Waals surface area contributed by atoms with Crippen LogP contribution in [0, 0.1) is 11.8 Å². The van der Waals surface area contributed by atoms with Crippen molar-refractivity contribution in [2.75, 3.05) is 0 Å². The molecular formula is C13H27CuLiNSn. The predicted octanol–water partition coefficient (Wildman–Crippen LogP) is 4.59. The van der Waals surface area contributed by atoms with Crippen LogP contribution in [0.2, 0.25) is 13.3 Å². The molecule has 1 nitrogen and oxygen atoms in total. The first-order valence-corrected chi connectivity index (χ1v) is 12.5. The van der Waals surface area contributed by atoms with Gasteiger partial charge in [-0.2, -0.15) is 0 Å². The standard InChI is InChI=1S/3C4H9.CN.Cu.Li.Sn/c3*1-3-4-2;1-2;;;/h3*1,3-4H2,2H3;;;;/q;;;-1;+1;;. The molecule has 0 fully saturated rings. The van der Waals surface area contributed by atoms with Gasteiger partial charge < -0.3 is 11.8 Å². The number of nitrogens with zero attached hydrogens (tertiary/aromatic N) is 1. The zero-order chi connectivity index (χ0) is 11.9. The maximum atomic E-state index is 6.25. The van der Waals surface area contributed by atoms with Crippen molar-refractivity contribution in [3.05, 3.63) is 6.57 Å². The predicted molar refractivity (Wildman–Crippen MR) is 75.6 cm³/mol. The molecule has 0 saturated heterocycles. The molecule has 0 rings (SSSR count). The Morgan fingerprint density at radius 1 is 0.765 bits per heavy atom. The SMILES string of the molecule is CCC[CH2][Sn]([CH2]CCC)[CH2]CCC.[C-]#N.[Cu+].[Li]. The van der Waals surface area contributed by atoms with Gasteiger partial charge in [0.15, 0.2) is 0 Å². The fourth-order valence-electron chi connectivity index (χ4n) is 1.66. The maximum Gasteiger partial charge on any atom is 1.00 e. The molecule has 0 N–H and O–H groups in total. The summed E-state index contributed by atoms with van der Waals surface area (Å²) in [6.07, 6.45) is 8.85. The summed E-state index contributed by atoms with van der Waals surface area (Å²) >= 11 is -0.839. The minimum Gasteiger partial charge on any atom is -0.512 e. The van der Waals surface area contributed by atoms with Crippen molar-refractivity contribution < 1.29 is 17.1 Å². The van der Waals surface area contributed by atoms with Gasteiger partial charge in [-0.3, -0.25) is 0 Å². The Morgan fingerprint density at radius 3 is 1.18 bits per heavy atom. The van der Waals surface area contributed by atoms with Crippen LogP contribution < -0.4 is 0 Å². The first-order valence-electron chi connectivity index (χ1n) is 6.41. The number of hydrogen-bond donors (Lipinski definition) is 0. The van der Waals surface area contributed by atoms with Crippen molar-refractivity contribution in [3.8, 4) is 0 Å². The zero-order valence-corrected chi connectivity index (χ0v) is 15.9. The van der Waals surface area contributed by atoms with E-state index in [4.69, 9.17) is 11.8 Å². The van der Waals surface area contributed by atoms with Gasteiger partial charge in [0.1, 0.15) is 0 Å². The summed E-state index contributed by atoms with van der Waals surface area (Å²) in [5.74, 6) is 0. The van der Waals surface area contributed by atoms with E-state index in [9.17, 15) is 0 Å². The summed E-state index contributed by atoms with van der Waals surface area (Å²) in [4.78, 5) is 0. The second-order valence-corrected chi connectivity index (χ2v) is 12.6. The molecule has 0 unspecified atom stereocenters. The van der Waals surface area contributed by atoms with Crippen LogP contribution in [-0.2, 0) is 17.1 Å². The van der Waals surface area contributed by atoms with Crippen LogP contribution in [0.15, 0.2) is 0 Å². The summed E-state index contributed by atoms with van der Waals surface area (Å²) in [6, 6.07) is 0. The Kier molecular flexibility index (Phi) is 41.2. The molecule has 0 aromatic carbocycles. The topological polar surface area (TPSA) is 23.8 Å². The average molecular weight is 387 g/mol. The molecule has 0 atom stereocenters. The molecule has 0 aromatic rings. The van der Waals surface area contributed by atoms with E-state index in [1.807, 2.05) is 0 Å². The Labute approximate surface area is 139 Å². The second-order valence-electron chi connectivity index (χ2n) is 4.06. The molecule has 0 aliphatic heterocycles. The van der Waals surface area contributed by atoms with Crippen LogP contribution in [0.3, 0.4) is 0 Å². The van der Waals surface area contributed by atoms with Gasteiger partial charge in [-0.15, -0.1) is 0 Å². The minimum atomic E-state index is -0.839. The zero-order valence-electron chi connectivity index (χ0n) is 12.1.